The van der Waals surface area contributed by atoms with E-state index >= 15 is 0 Å². The normalized spacial score (nSPS) is 19.6. The quantitative estimate of drug-likeness (QED) is 0.688. The fourth-order valence-electron chi connectivity index (χ4n) is 3.58. The van der Waals surface area contributed by atoms with Crippen LogP contribution in [0.3, 0.4) is 0 Å². The lowest BCUT2D eigenvalue weighted by atomic mass is 9.89. The number of likely N-dealkylation sites (tertiary alicyclic amines) is 1. The van der Waals surface area contributed by atoms with Crippen molar-refractivity contribution in [2.24, 2.45) is 0 Å². The Bertz CT molecular complexity index is 952. The summed E-state index contributed by atoms with van der Waals surface area (Å²) in [5, 5.41) is 8.60. The van der Waals surface area contributed by atoms with E-state index in [-0.39, 0.29) is 23.4 Å². The van der Waals surface area contributed by atoms with Crippen LogP contribution in [0, 0.1) is 6.92 Å². The molecular weight excluding hydrogens is 366 g/mol. The average Bonchev–Trinajstić information content (AvgIpc) is 3.39. The molecule has 0 aliphatic carbocycles. The van der Waals surface area contributed by atoms with Gasteiger partial charge in [0, 0.05) is 31.7 Å². The van der Waals surface area contributed by atoms with Crippen molar-refractivity contribution >= 4 is 17.5 Å². The van der Waals surface area contributed by atoms with Gasteiger partial charge in [-0.05, 0) is 19.4 Å². The average molecular weight is 386 g/mol. The zero-order valence-corrected chi connectivity index (χ0v) is 15.9. The van der Waals surface area contributed by atoms with Crippen LogP contribution in [-0.2, 0) is 6.54 Å². The molecule has 1 amide bonds. The van der Waals surface area contributed by atoms with E-state index < -0.39 is 0 Å². The van der Waals surface area contributed by atoms with Crippen molar-refractivity contribution in [2.45, 2.75) is 32.2 Å². The number of halogens is 1. The summed E-state index contributed by atoms with van der Waals surface area (Å²) in [5.74, 6) is 0.978. The second-order valence-corrected chi connectivity index (χ2v) is 7.10. The highest BCUT2D eigenvalue weighted by Crippen LogP contribution is 2.39. The van der Waals surface area contributed by atoms with Crippen molar-refractivity contribution in [1.82, 2.24) is 24.8 Å². The summed E-state index contributed by atoms with van der Waals surface area (Å²) in [7, 11) is 0. The van der Waals surface area contributed by atoms with Crippen LogP contribution in [0.1, 0.15) is 46.5 Å². The van der Waals surface area contributed by atoms with Crippen LogP contribution < -0.4 is 0 Å². The molecule has 4 rings (SSSR count). The van der Waals surface area contributed by atoms with Crippen LogP contribution in [0.2, 0.25) is 5.02 Å². The van der Waals surface area contributed by atoms with Crippen molar-refractivity contribution in [3.05, 3.63) is 64.5 Å². The molecule has 3 heterocycles. The molecule has 0 spiro atoms. The van der Waals surface area contributed by atoms with E-state index in [9.17, 15) is 4.79 Å². The number of aromatic nitrogens is 4. The molecule has 2 atom stereocenters. The zero-order chi connectivity index (χ0) is 19.0. The summed E-state index contributed by atoms with van der Waals surface area (Å²) in [6.07, 6.45) is 1.68. The summed E-state index contributed by atoms with van der Waals surface area (Å²) >= 11 is 6.24. The van der Waals surface area contributed by atoms with Crippen LogP contribution >= 0.6 is 11.6 Å². The topological polar surface area (TPSA) is 77.0 Å². The van der Waals surface area contributed by atoms with Gasteiger partial charge in [0.1, 0.15) is 0 Å². The zero-order valence-electron chi connectivity index (χ0n) is 15.2. The number of carbonyl (C=O) groups is 1. The van der Waals surface area contributed by atoms with Crippen molar-refractivity contribution < 1.29 is 9.32 Å². The second-order valence-electron chi connectivity index (χ2n) is 6.69. The molecule has 1 fully saturated rings. The van der Waals surface area contributed by atoms with E-state index in [1.165, 1.54) is 0 Å². The molecule has 0 radical (unpaired) electrons. The van der Waals surface area contributed by atoms with Gasteiger partial charge < -0.3 is 9.42 Å². The first-order valence-electron chi connectivity index (χ1n) is 8.94. The van der Waals surface area contributed by atoms with Gasteiger partial charge in [0.15, 0.2) is 11.5 Å². The lowest BCUT2D eigenvalue weighted by Crippen LogP contribution is -2.29. The number of benzene rings is 1. The number of hydrogen-bond acceptors (Lipinski definition) is 5. The summed E-state index contributed by atoms with van der Waals surface area (Å²) in [6, 6.07) is 10.1. The highest BCUT2D eigenvalue weighted by Gasteiger charge is 2.41. The molecular formula is C19H20ClN5O2. The van der Waals surface area contributed by atoms with Gasteiger partial charge in [-0.1, -0.05) is 47.1 Å². The molecule has 0 N–H and O–H groups in total. The molecule has 7 nitrogen and oxygen atoms in total. The summed E-state index contributed by atoms with van der Waals surface area (Å²) in [6.45, 7) is 5.43. The van der Waals surface area contributed by atoms with Gasteiger partial charge in [0.2, 0.25) is 5.89 Å². The van der Waals surface area contributed by atoms with Crippen molar-refractivity contribution in [3.63, 3.8) is 0 Å². The van der Waals surface area contributed by atoms with Crippen LogP contribution in [0.5, 0.6) is 0 Å². The summed E-state index contributed by atoms with van der Waals surface area (Å²) in [4.78, 5) is 19.2. The maximum Gasteiger partial charge on any atom is 0.275 e. The van der Waals surface area contributed by atoms with Gasteiger partial charge in [-0.3, -0.25) is 9.48 Å². The smallest absolute Gasteiger partial charge is 0.275 e. The standard InChI is InChI=1S/C19H20ClN5O2/c1-3-25-11-16(20)17(22-25)19(26)24-9-14(13-7-5-4-6-8-13)15(10-24)18-21-12(2)23-27-18/h4-8,11,14-15H,3,9-10H2,1-2H3/t14-,15-/m1/s1. The molecule has 0 bridgehead atoms. The van der Waals surface area contributed by atoms with Gasteiger partial charge in [-0.15, -0.1) is 0 Å². The third-order valence-electron chi connectivity index (χ3n) is 4.94. The Kier molecular flexibility index (Phi) is 4.70. The van der Waals surface area contributed by atoms with E-state index in [0.29, 0.717) is 36.4 Å². The Morgan fingerprint density at radius 2 is 2.00 bits per heavy atom. The van der Waals surface area contributed by atoms with Crippen LogP contribution in [-0.4, -0.2) is 43.8 Å². The Balaban J connectivity index is 1.65. The summed E-state index contributed by atoms with van der Waals surface area (Å²) < 4.78 is 7.10. The van der Waals surface area contributed by atoms with E-state index in [1.54, 1.807) is 22.7 Å². The van der Waals surface area contributed by atoms with E-state index in [0.717, 1.165) is 5.56 Å². The first kappa shape index (κ1) is 17.7. The van der Waals surface area contributed by atoms with Gasteiger partial charge in [0.05, 0.1) is 10.9 Å². The highest BCUT2D eigenvalue weighted by molar-refractivity contribution is 6.33. The minimum Gasteiger partial charge on any atom is -0.339 e. The molecule has 0 unspecified atom stereocenters. The SMILES string of the molecule is CCn1cc(Cl)c(C(=O)N2C[C@H](c3ccccc3)[C@H](c3nc(C)no3)C2)n1. The predicted molar refractivity (Wildman–Crippen MR) is 99.8 cm³/mol. The maximum atomic E-state index is 13.1. The van der Waals surface area contributed by atoms with Crippen LogP contribution in [0.25, 0.3) is 0 Å². The van der Waals surface area contributed by atoms with Crippen molar-refractivity contribution in [2.75, 3.05) is 13.1 Å². The molecule has 1 aliphatic heterocycles. The van der Waals surface area contributed by atoms with Crippen LogP contribution in [0.4, 0.5) is 0 Å². The second kappa shape index (κ2) is 7.15. The molecule has 1 aliphatic rings. The van der Waals surface area contributed by atoms with Gasteiger partial charge in [-0.25, -0.2) is 0 Å². The molecule has 8 heteroatoms. The molecule has 0 saturated carbocycles. The third kappa shape index (κ3) is 3.35. The van der Waals surface area contributed by atoms with Gasteiger partial charge in [-0.2, -0.15) is 10.1 Å². The minimum absolute atomic E-state index is 0.0652. The van der Waals surface area contributed by atoms with Gasteiger partial charge in [0.25, 0.3) is 5.91 Å². The molecule has 1 saturated heterocycles. The number of aryl methyl sites for hydroxylation is 2. The Hall–Kier alpha value is -2.67. The minimum atomic E-state index is -0.174. The third-order valence-corrected chi connectivity index (χ3v) is 5.22. The molecule has 3 aromatic rings. The number of hydrogen-bond donors (Lipinski definition) is 0. The number of amides is 1. The molecule has 140 valence electrons. The fourth-order valence-corrected chi connectivity index (χ4v) is 3.81. The fraction of sp³-hybridized carbons (Fsp3) is 0.368. The lowest BCUT2D eigenvalue weighted by molar-refractivity contribution is 0.0781. The van der Waals surface area contributed by atoms with E-state index in [1.807, 2.05) is 25.1 Å². The van der Waals surface area contributed by atoms with Crippen molar-refractivity contribution in [3.8, 4) is 0 Å². The first-order chi connectivity index (χ1) is 13.1. The highest BCUT2D eigenvalue weighted by atomic mass is 35.5. The monoisotopic (exact) mass is 385 g/mol. The molecule has 27 heavy (non-hydrogen) atoms. The lowest BCUT2D eigenvalue weighted by Gasteiger charge is -2.15. The largest absolute Gasteiger partial charge is 0.339 e. The molecule has 1 aromatic carbocycles. The molecule has 2 aromatic heterocycles. The summed E-state index contributed by atoms with van der Waals surface area (Å²) in [5.41, 5.74) is 1.42. The van der Waals surface area contributed by atoms with Crippen LogP contribution in [0.15, 0.2) is 41.1 Å². The van der Waals surface area contributed by atoms with Crippen molar-refractivity contribution in [1.29, 1.82) is 0 Å². The van der Waals surface area contributed by atoms with E-state index in [2.05, 4.69) is 27.4 Å². The predicted octanol–water partition coefficient (Wildman–Crippen LogP) is 3.27. The Labute approximate surface area is 161 Å². The maximum absolute atomic E-state index is 13.1. The number of nitrogens with zero attached hydrogens (tertiary/aromatic N) is 5. The number of carbonyl (C=O) groups excluding carboxylic acids is 1. The Morgan fingerprint density at radius 3 is 2.63 bits per heavy atom. The first-order valence-corrected chi connectivity index (χ1v) is 9.32. The Morgan fingerprint density at radius 1 is 1.26 bits per heavy atom. The van der Waals surface area contributed by atoms with Gasteiger partial charge >= 0.3 is 0 Å². The van der Waals surface area contributed by atoms with E-state index in [4.69, 9.17) is 16.1 Å². The number of rotatable bonds is 4.